The van der Waals surface area contributed by atoms with Crippen molar-refractivity contribution in [3.05, 3.63) is 102 Å². The molecule has 0 N–H and O–H groups in total. The normalized spacial score (nSPS) is 21.4. The third kappa shape index (κ3) is 2.77. The van der Waals surface area contributed by atoms with Crippen molar-refractivity contribution in [2.75, 3.05) is 0 Å². The number of fused-ring (bicyclic) bond motifs is 6. The highest BCUT2D eigenvalue weighted by Gasteiger charge is 2.52. The van der Waals surface area contributed by atoms with Gasteiger partial charge >= 0.3 is 0 Å². The van der Waals surface area contributed by atoms with E-state index in [1.165, 1.54) is 54.6 Å². The molecular weight excluding hydrogens is 452 g/mol. The first kappa shape index (κ1) is 19.9. The van der Waals surface area contributed by atoms with Gasteiger partial charge in [0.2, 0.25) is 0 Å². The summed E-state index contributed by atoms with van der Waals surface area (Å²) >= 11 is 0. The molecule has 3 heterocycles. The van der Waals surface area contributed by atoms with Crippen molar-refractivity contribution in [3.63, 3.8) is 0 Å². The van der Waals surface area contributed by atoms with Crippen LogP contribution in [0.25, 0.3) is 0 Å². The van der Waals surface area contributed by atoms with Crippen molar-refractivity contribution < 1.29 is 29.0 Å². The van der Waals surface area contributed by atoms with Crippen molar-refractivity contribution in [2.45, 2.75) is 18.7 Å². The molecule has 0 spiro atoms. The Morgan fingerprint density at radius 1 is 0.559 bits per heavy atom. The fourth-order valence-corrected chi connectivity index (χ4v) is 4.43. The largest absolute Gasteiger partial charge is 0.470 e. The summed E-state index contributed by atoms with van der Waals surface area (Å²) in [6.07, 6.45) is -2.75. The first-order chi connectivity index (χ1) is 16.3. The van der Waals surface area contributed by atoms with Crippen LogP contribution in [-0.2, 0) is 0 Å². The zero-order valence-corrected chi connectivity index (χ0v) is 16.9. The second-order valence-corrected chi connectivity index (χ2v) is 7.80. The molecule has 0 saturated heterocycles. The van der Waals surface area contributed by atoms with Crippen LogP contribution in [-0.4, -0.2) is 19.7 Å². The van der Waals surface area contributed by atoms with Gasteiger partial charge in [0.15, 0.2) is 18.7 Å². The maximum absolute atomic E-state index is 11.4. The molecule has 3 aliphatic heterocycles. The van der Waals surface area contributed by atoms with Crippen LogP contribution in [0.2, 0.25) is 0 Å². The number of benzene rings is 3. The maximum atomic E-state index is 11.4. The van der Waals surface area contributed by atoms with E-state index >= 15 is 0 Å². The maximum Gasteiger partial charge on any atom is 0.270 e. The standard InChI is InChI=1S/C21H12N4O9/c26-23(27)10-1-4-16-13(7-10)19-22-20(32-16)14-8-11(24(28)29)2-5-17(14)34-21(22)15-9-12(25(30)31)3-6-18(15)33-19/h1-9,19-21H/t19-,20-,21+/m1/s1. The van der Waals surface area contributed by atoms with E-state index in [0.717, 1.165) is 0 Å². The van der Waals surface area contributed by atoms with Gasteiger partial charge in [0, 0.05) is 36.4 Å². The van der Waals surface area contributed by atoms with E-state index in [-0.39, 0.29) is 17.1 Å². The number of hydrogen-bond acceptors (Lipinski definition) is 10. The van der Waals surface area contributed by atoms with Crippen molar-refractivity contribution in [2.24, 2.45) is 0 Å². The summed E-state index contributed by atoms with van der Waals surface area (Å²) in [5, 5.41) is 34.1. The first-order valence-corrected chi connectivity index (χ1v) is 9.94. The fraction of sp³-hybridized carbons (Fsp3) is 0.143. The van der Waals surface area contributed by atoms with Crippen LogP contribution in [0.5, 0.6) is 17.2 Å². The highest BCUT2D eigenvalue weighted by Crippen LogP contribution is 2.57. The van der Waals surface area contributed by atoms with Crippen LogP contribution < -0.4 is 14.2 Å². The summed E-state index contributed by atoms with van der Waals surface area (Å²) < 4.78 is 18.4. The molecule has 34 heavy (non-hydrogen) atoms. The number of nitro groups is 3. The molecular formula is C21H12N4O9. The summed E-state index contributed by atoms with van der Waals surface area (Å²) in [5.74, 6) is 0.918. The smallest absolute Gasteiger partial charge is 0.270 e. The second kappa shape index (κ2) is 6.86. The molecule has 0 aliphatic carbocycles. The van der Waals surface area contributed by atoms with E-state index in [4.69, 9.17) is 14.2 Å². The van der Waals surface area contributed by atoms with Crippen molar-refractivity contribution in [1.82, 2.24) is 4.90 Å². The van der Waals surface area contributed by atoms with Gasteiger partial charge < -0.3 is 14.2 Å². The number of rotatable bonds is 3. The molecule has 0 bridgehead atoms. The van der Waals surface area contributed by atoms with Crippen LogP contribution in [0.1, 0.15) is 35.4 Å². The molecule has 0 unspecified atom stereocenters. The van der Waals surface area contributed by atoms with Gasteiger partial charge in [-0.1, -0.05) is 0 Å². The summed E-state index contributed by atoms with van der Waals surface area (Å²) in [6, 6.07) is 12.2. The van der Waals surface area contributed by atoms with Crippen LogP contribution in [0.4, 0.5) is 17.1 Å². The van der Waals surface area contributed by atoms with E-state index < -0.39 is 33.5 Å². The molecule has 13 nitrogen and oxygen atoms in total. The molecule has 3 aromatic carbocycles. The van der Waals surface area contributed by atoms with Gasteiger partial charge in [-0.3, -0.25) is 30.3 Å². The molecule has 0 amide bonds. The van der Waals surface area contributed by atoms with E-state index in [9.17, 15) is 30.3 Å². The molecule has 13 heteroatoms. The SMILES string of the molecule is O=[N+]([O-])c1ccc2c(c1)[C@H]1Oc3ccc([N+](=O)[O-])cc3[C@H]3Oc4ccc([N+](=O)[O-])cc4[C@H](O2)N13. The molecule has 0 fully saturated rings. The summed E-state index contributed by atoms with van der Waals surface area (Å²) in [7, 11) is 0. The zero-order chi connectivity index (χ0) is 23.7. The number of hydrogen-bond donors (Lipinski definition) is 0. The Balaban J connectivity index is 1.58. The molecule has 3 atom stereocenters. The molecule has 0 aromatic heterocycles. The van der Waals surface area contributed by atoms with Gasteiger partial charge in [-0.25, -0.2) is 0 Å². The summed E-state index contributed by atoms with van der Waals surface area (Å²) in [5.41, 5.74) is 0.545. The highest BCUT2D eigenvalue weighted by atomic mass is 16.6. The monoisotopic (exact) mass is 464 g/mol. The van der Waals surface area contributed by atoms with Gasteiger partial charge in [-0.15, -0.1) is 0 Å². The van der Waals surface area contributed by atoms with E-state index in [2.05, 4.69) is 0 Å². The predicted molar refractivity (Wildman–Crippen MR) is 111 cm³/mol. The Kier molecular flexibility index (Phi) is 4.01. The Hall–Kier alpha value is -4.78. The Morgan fingerprint density at radius 3 is 1.12 bits per heavy atom. The van der Waals surface area contributed by atoms with E-state index in [1.807, 2.05) is 0 Å². The topological polar surface area (TPSA) is 160 Å². The average molecular weight is 464 g/mol. The number of nitrogens with zero attached hydrogens (tertiary/aromatic N) is 4. The van der Waals surface area contributed by atoms with Crippen LogP contribution >= 0.6 is 0 Å². The lowest BCUT2D eigenvalue weighted by Gasteiger charge is -2.51. The molecule has 6 rings (SSSR count). The third-order valence-electron chi connectivity index (χ3n) is 5.94. The number of ether oxygens (including phenoxy) is 3. The lowest BCUT2D eigenvalue weighted by molar-refractivity contribution is -0.385. The highest BCUT2D eigenvalue weighted by molar-refractivity contribution is 5.54. The summed E-state index contributed by atoms with van der Waals surface area (Å²) in [6.45, 7) is 0. The Morgan fingerprint density at radius 2 is 0.853 bits per heavy atom. The van der Waals surface area contributed by atoms with Gasteiger partial charge in [0.05, 0.1) is 31.5 Å². The van der Waals surface area contributed by atoms with Crippen molar-refractivity contribution in [3.8, 4) is 17.2 Å². The third-order valence-corrected chi connectivity index (χ3v) is 5.94. The molecule has 3 aliphatic rings. The number of nitro benzene ring substituents is 3. The van der Waals surface area contributed by atoms with E-state index in [1.54, 1.807) is 4.90 Å². The first-order valence-electron chi connectivity index (χ1n) is 9.94. The molecule has 3 aromatic rings. The van der Waals surface area contributed by atoms with E-state index in [0.29, 0.717) is 33.9 Å². The van der Waals surface area contributed by atoms with Crippen LogP contribution in [0, 0.1) is 30.3 Å². The van der Waals surface area contributed by atoms with Crippen molar-refractivity contribution in [1.29, 1.82) is 0 Å². The molecule has 0 radical (unpaired) electrons. The number of non-ortho nitro benzene ring substituents is 3. The average Bonchev–Trinajstić information content (AvgIpc) is 2.83. The van der Waals surface area contributed by atoms with Crippen LogP contribution in [0.15, 0.2) is 54.6 Å². The van der Waals surface area contributed by atoms with Gasteiger partial charge in [-0.2, -0.15) is 4.90 Å². The minimum absolute atomic E-state index is 0.176. The second-order valence-electron chi connectivity index (χ2n) is 7.80. The molecule has 170 valence electrons. The predicted octanol–water partition coefficient (Wildman–Crippen LogP) is 4.29. The zero-order valence-electron chi connectivity index (χ0n) is 16.9. The van der Waals surface area contributed by atoms with Gasteiger partial charge in [0.1, 0.15) is 17.2 Å². The minimum Gasteiger partial charge on any atom is -0.470 e. The minimum atomic E-state index is -0.917. The quantitative estimate of drug-likeness (QED) is 0.404. The lowest BCUT2D eigenvalue weighted by Crippen LogP contribution is -2.50. The van der Waals surface area contributed by atoms with Gasteiger partial charge in [-0.05, 0) is 18.2 Å². The lowest BCUT2D eigenvalue weighted by atomic mass is 9.98. The summed E-state index contributed by atoms with van der Waals surface area (Å²) in [4.78, 5) is 34.1. The molecule has 0 saturated carbocycles. The van der Waals surface area contributed by atoms with Crippen LogP contribution in [0.3, 0.4) is 0 Å². The fourth-order valence-electron chi connectivity index (χ4n) is 4.43. The van der Waals surface area contributed by atoms with Crippen molar-refractivity contribution >= 4 is 17.1 Å². The Bertz CT molecular complexity index is 1260. The van der Waals surface area contributed by atoms with Gasteiger partial charge in [0.25, 0.3) is 17.1 Å². The Labute approximate surface area is 189 Å².